The van der Waals surface area contributed by atoms with Gasteiger partial charge >= 0.3 is 0 Å². The van der Waals surface area contributed by atoms with Crippen LogP contribution < -0.4 is 4.74 Å². The lowest BCUT2D eigenvalue weighted by Gasteiger charge is -2.39. The summed E-state index contributed by atoms with van der Waals surface area (Å²) in [5.41, 5.74) is 5.29. The van der Waals surface area contributed by atoms with Gasteiger partial charge in [0.05, 0.1) is 7.11 Å². The maximum atomic E-state index is 13.2. The molecule has 0 radical (unpaired) electrons. The molecule has 0 bridgehead atoms. The van der Waals surface area contributed by atoms with E-state index < -0.39 is 0 Å². The molecule has 180 valence electrons. The minimum atomic E-state index is 0.196. The molecule has 1 aromatic rings. The molecular weight excluding hydrogens is 412 g/mol. The first-order valence-electron chi connectivity index (χ1n) is 12.4. The molecule has 1 amide bonds. The molecule has 3 heterocycles. The number of carbonyl (C=O) groups is 1. The molecule has 3 aliphatic heterocycles. The number of hydrogen-bond acceptors (Lipinski definition) is 5. The van der Waals surface area contributed by atoms with Gasteiger partial charge in [0.15, 0.2) is 0 Å². The van der Waals surface area contributed by atoms with Gasteiger partial charge in [0.25, 0.3) is 0 Å². The van der Waals surface area contributed by atoms with Crippen molar-refractivity contribution >= 4 is 5.91 Å². The Bertz CT molecular complexity index is 894. The highest BCUT2D eigenvalue weighted by Crippen LogP contribution is 2.26. The quantitative estimate of drug-likeness (QED) is 0.663. The molecule has 3 aliphatic rings. The van der Waals surface area contributed by atoms with Crippen molar-refractivity contribution in [3.8, 4) is 5.75 Å². The molecule has 0 aliphatic carbocycles. The van der Waals surface area contributed by atoms with Crippen molar-refractivity contribution in [3.63, 3.8) is 0 Å². The van der Waals surface area contributed by atoms with Crippen LogP contribution >= 0.6 is 0 Å². The first-order chi connectivity index (χ1) is 15.9. The zero-order chi connectivity index (χ0) is 23.4. The summed E-state index contributed by atoms with van der Waals surface area (Å²) in [4.78, 5) is 22.4. The Hall–Kier alpha value is -2.31. The number of rotatable bonds is 6. The first kappa shape index (κ1) is 23.8. The van der Waals surface area contributed by atoms with Gasteiger partial charge in [-0.2, -0.15) is 0 Å². The summed E-state index contributed by atoms with van der Waals surface area (Å²) in [5, 5.41) is 0. The molecule has 0 aromatic heterocycles. The fraction of sp³-hybridized carbons (Fsp3) is 0.593. The Morgan fingerprint density at radius 2 is 1.67 bits per heavy atom. The molecule has 0 unspecified atom stereocenters. The molecule has 6 nitrogen and oxygen atoms in total. The van der Waals surface area contributed by atoms with Gasteiger partial charge in [-0.3, -0.25) is 14.6 Å². The van der Waals surface area contributed by atoms with Gasteiger partial charge in [0.1, 0.15) is 5.75 Å². The Labute approximate surface area is 199 Å². The van der Waals surface area contributed by atoms with Crippen molar-refractivity contribution in [2.75, 3.05) is 66.5 Å². The Morgan fingerprint density at radius 1 is 0.970 bits per heavy atom. The fourth-order valence-corrected chi connectivity index (χ4v) is 5.20. The minimum Gasteiger partial charge on any atom is -0.496 e. The number of likely N-dealkylation sites (N-methyl/N-ethyl adjacent to an activating group) is 1. The van der Waals surface area contributed by atoms with Crippen molar-refractivity contribution in [3.05, 3.63) is 52.7 Å². The average molecular weight is 453 g/mol. The van der Waals surface area contributed by atoms with Crippen molar-refractivity contribution in [2.24, 2.45) is 5.92 Å². The maximum Gasteiger partial charge on any atom is 0.225 e. The van der Waals surface area contributed by atoms with E-state index >= 15 is 0 Å². The van der Waals surface area contributed by atoms with E-state index in [4.69, 9.17) is 4.74 Å². The molecule has 0 saturated carbocycles. The van der Waals surface area contributed by atoms with Crippen molar-refractivity contribution in [1.29, 1.82) is 0 Å². The van der Waals surface area contributed by atoms with E-state index in [2.05, 4.69) is 71.0 Å². The van der Waals surface area contributed by atoms with E-state index in [-0.39, 0.29) is 5.92 Å². The molecular formula is C27H40N4O2. The molecule has 1 aromatic carbocycles. The van der Waals surface area contributed by atoms with Crippen LogP contribution in [0.15, 0.2) is 36.1 Å². The summed E-state index contributed by atoms with van der Waals surface area (Å²) in [7, 11) is 3.83. The number of carbonyl (C=O) groups excluding carboxylic acids is 1. The van der Waals surface area contributed by atoms with Gasteiger partial charge in [0.2, 0.25) is 5.91 Å². The number of piperazine rings is 1. The van der Waals surface area contributed by atoms with E-state index in [0.717, 1.165) is 77.5 Å². The largest absolute Gasteiger partial charge is 0.496 e. The van der Waals surface area contributed by atoms with Gasteiger partial charge in [-0.25, -0.2) is 0 Å². The zero-order valence-corrected chi connectivity index (χ0v) is 20.8. The zero-order valence-electron chi connectivity index (χ0n) is 20.8. The highest BCUT2D eigenvalue weighted by atomic mass is 16.5. The van der Waals surface area contributed by atoms with Crippen LogP contribution in [0.1, 0.15) is 29.5 Å². The van der Waals surface area contributed by atoms with Crippen LogP contribution in [-0.2, 0) is 11.3 Å². The van der Waals surface area contributed by atoms with E-state index in [1.165, 1.54) is 22.3 Å². The van der Waals surface area contributed by atoms with Crippen LogP contribution in [0, 0.1) is 19.8 Å². The first-order valence-corrected chi connectivity index (χ1v) is 12.4. The molecule has 6 heteroatoms. The average Bonchev–Trinajstić information content (AvgIpc) is 2.84. The SMILES string of the molecule is COc1ccc(CN2CCN(C(=O)C3CCN(CC4=CCN(C)C=C4)CC3)CC2)c(C)c1C. The molecule has 2 saturated heterocycles. The minimum absolute atomic E-state index is 0.196. The Kier molecular flexibility index (Phi) is 7.76. The molecule has 4 rings (SSSR count). The van der Waals surface area contributed by atoms with Crippen molar-refractivity contribution in [2.45, 2.75) is 33.2 Å². The predicted molar refractivity (Wildman–Crippen MR) is 133 cm³/mol. The number of methoxy groups -OCH3 is 1. The molecule has 2 fully saturated rings. The number of likely N-dealkylation sites (tertiary alicyclic amines) is 1. The third-order valence-electron chi connectivity index (χ3n) is 7.68. The number of hydrogen-bond donors (Lipinski definition) is 0. The van der Waals surface area contributed by atoms with Gasteiger partial charge < -0.3 is 14.5 Å². The van der Waals surface area contributed by atoms with Crippen molar-refractivity contribution in [1.82, 2.24) is 19.6 Å². The van der Waals surface area contributed by atoms with Gasteiger partial charge in [-0.05, 0) is 80.4 Å². The van der Waals surface area contributed by atoms with Crippen LogP contribution in [-0.4, -0.2) is 92.0 Å². The maximum absolute atomic E-state index is 13.2. The van der Waals surface area contributed by atoms with E-state index in [1.807, 2.05) is 0 Å². The molecule has 0 N–H and O–H groups in total. The highest BCUT2D eigenvalue weighted by Gasteiger charge is 2.30. The third-order valence-corrected chi connectivity index (χ3v) is 7.68. The summed E-state index contributed by atoms with van der Waals surface area (Å²) < 4.78 is 5.45. The van der Waals surface area contributed by atoms with E-state index in [1.54, 1.807) is 7.11 Å². The van der Waals surface area contributed by atoms with Crippen LogP contribution in [0.5, 0.6) is 5.75 Å². The fourth-order valence-electron chi connectivity index (χ4n) is 5.20. The second kappa shape index (κ2) is 10.7. The number of nitrogens with zero attached hydrogens (tertiary/aromatic N) is 4. The van der Waals surface area contributed by atoms with Gasteiger partial charge in [-0.15, -0.1) is 0 Å². The van der Waals surface area contributed by atoms with E-state index in [0.29, 0.717) is 5.91 Å². The van der Waals surface area contributed by atoms with E-state index in [9.17, 15) is 4.79 Å². The number of piperidine rings is 1. The molecule has 0 atom stereocenters. The second-order valence-electron chi connectivity index (χ2n) is 9.86. The summed E-state index contributed by atoms with van der Waals surface area (Å²) in [5.74, 6) is 1.53. The second-order valence-corrected chi connectivity index (χ2v) is 9.86. The monoisotopic (exact) mass is 452 g/mol. The smallest absolute Gasteiger partial charge is 0.225 e. The normalized spacial score (nSPS) is 20.8. The lowest BCUT2D eigenvalue weighted by molar-refractivity contribution is -0.138. The lowest BCUT2D eigenvalue weighted by atomic mass is 9.94. The van der Waals surface area contributed by atoms with Gasteiger partial charge in [0, 0.05) is 58.8 Å². The summed E-state index contributed by atoms with van der Waals surface area (Å²) >= 11 is 0. The van der Waals surface area contributed by atoms with Gasteiger partial charge in [-0.1, -0.05) is 12.1 Å². The van der Waals surface area contributed by atoms with Crippen LogP contribution in [0.3, 0.4) is 0 Å². The summed E-state index contributed by atoms with van der Waals surface area (Å²) in [6.07, 6.45) is 8.66. The number of amides is 1. The molecule has 0 spiro atoms. The van der Waals surface area contributed by atoms with Crippen LogP contribution in [0.2, 0.25) is 0 Å². The topological polar surface area (TPSA) is 39.3 Å². The predicted octanol–water partition coefficient (Wildman–Crippen LogP) is 3.05. The highest BCUT2D eigenvalue weighted by molar-refractivity contribution is 5.79. The summed E-state index contributed by atoms with van der Waals surface area (Å²) in [6, 6.07) is 4.26. The molecule has 33 heavy (non-hydrogen) atoms. The third kappa shape index (κ3) is 5.79. The van der Waals surface area contributed by atoms with Crippen molar-refractivity contribution < 1.29 is 9.53 Å². The lowest BCUT2D eigenvalue weighted by Crippen LogP contribution is -2.51. The number of ether oxygens (including phenoxy) is 1. The Balaban J connectivity index is 1.21. The van der Waals surface area contributed by atoms with Crippen LogP contribution in [0.4, 0.5) is 0 Å². The number of benzene rings is 1. The summed E-state index contributed by atoms with van der Waals surface area (Å²) in [6.45, 7) is 12.9. The Morgan fingerprint density at radius 3 is 2.30 bits per heavy atom. The van der Waals surface area contributed by atoms with Crippen LogP contribution in [0.25, 0.3) is 0 Å². The standard InChI is InChI=1S/C27H40N4O2/c1-21-22(2)26(33-4)6-5-25(21)20-30-15-17-31(18-16-30)27(32)24-9-13-29(14-10-24)19-23-7-11-28(3)12-8-23/h5-8,11,24H,9-10,12-20H2,1-4H3.